The Bertz CT molecular complexity index is 379. The Labute approximate surface area is 102 Å². The van der Waals surface area contributed by atoms with Crippen molar-refractivity contribution < 1.29 is 9.53 Å². The number of benzene rings is 1. The fraction of sp³-hybridized carbons (Fsp3) is 0.462. The molecule has 2 N–H and O–H groups in total. The zero-order valence-electron chi connectivity index (χ0n) is 10.6. The maximum Gasteiger partial charge on any atom is 0.339 e. The van der Waals surface area contributed by atoms with Crippen LogP contribution in [0.2, 0.25) is 0 Å². The van der Waals surface area contributed by atoms with E-state index in [0.717, 1.165) is 12.1 Å². The normalized spacial score (nSPS) is 12.0. The number of anilines is 1. The molecule has 0 saturated heterocycles. The second kappa shape index (κ2) is 6.25. The molecule has 1 rings (SSSR count). The van der Waals surface area contributed by atoms with Crippen molar-refractivity contribution in [1.29, 1.82) is 0 Å². The van der Waals surface area contributed by atoms with Gasteiger partial charge in [0.1, 0.15) is 0 Å². The Morgan fingerprint density at radius 1 is 1.47 bits per heavy atom. The van der Waals surface area contributed by atoms with Crippen molar-refractivity contribution in [2.45, 2.75) is 19.4 Å². The number of hydrogen-bond donors (Lipinski definition) is 1. The molecule has 0 aliphatic heterocycles. The molecule has 4 heteroatoms. The summed E-state index contributed by atoms with van der Waals surface area (Å²) in [6.07, 6.45) is 0.881. The van der Waals surface area contributed by atoms with Gasteiger partial charge in [-0.05, 0) is 32.0 Å². The lowest BCUT2D eigenvalue weighted by Gasteiger charge is -2.28. The van der Waals surface area contributed by atoms with Crippen LogP contribution in [0.5, 0.6) is 0 Å². The predicted octanol–water partition coefficient (Wildman–Crippen LogP) is 1.65. The molecule has 94 valence electrons. The maximum atomic E-state index is 11.6. The molecule has 17 heavy (non-hydrogen) atoms. The molecule has 0 heterocycles. The quantitative estimate of drug-likeness (QED) is 0.790. The highest BCUT2D eigenvalue weighted by Crippen LogP contribution is 2.22. The maximum absolute atomic E-state index is 11.6. The van der Waals surface area contributed by atoms with Gasteiger partial charge in [0.15, 0.2) is 0 Å². The van der Waals surface area contributed by atoms with Crippen LogP contribution in [0.25, 0.3) is 0 Å². The molecule has 0 aliphatic carbocycles. The molecular formula is C13H20N2O2. The molecule has 0 spiro atoms. The number of nitrogens with zero attached hydrogens (tertiary/aromatic N) is 1. The van der Waals surface area contributed by atoms with Gasteiger partial charge in [-0.3, -0.25) is 0 Å². The second-order valence-electron chi connectivity index (χ2n) is 4.05. The highest BCUT2D eigenvalue weighted by atomic mass is 16.5. The van der Waals surface area contributed by atoms with Gasteiger partial charge in [0.2, 0.25) is 0 Å². The van der Waals surface area contributed by atoms with Crippen molar-refractivity contribution in [3.05, 3.63) is 29.8 Å². The molecule has 1 aromatic rings. The third-order valence-electron chi connectivity index (χ3n) is 2.93. The largest absolute Gasteiger partial charge is 0.465 e. The highest BCUT2D eigenvalue weighted by Gasteiger charge is 2.17. The van der Waals surface area contributed by atoms with Crippen LogP contribution < -0.4 is 10.6 Å². The van der Waals surface area contributed by atoms with Crippen LogP contribution in [0.1, 0.15) is 23.7 Å². The Balaban J connectivity index is 3.00. The van der Waals surface area contributed by atoms with E-state index in [2.05, 4.69) is 11.8 Å². The Morgan fingerprint density at radius 3 is 2.71 bits per heavy atom. The predicted molar refractivity (Wildman–Crippen MR) is 69.3 cm³/mol. The molecule has 0 amide bonds. The van der Waals surface area contributed by atoms with Gasteiger partial charge in [-0.15, -0.1) is 0 Å². The van der Waals surface area contributed by atoms with Crippen LogP contribution in [-0.2, 0) is 4.74 Å². The van der Waals surface area contributed by atoms with E-state index in [0.29, 0.717) is 12.1 Å². The van der Waals surface area contributed by atoms with Crippen molar-refractivity contribution in [2.24, 2.45) is 5.73 Å². The number of rotatable bonds is 5. The summed E-state index contributed by atoms with van der Waals surface area (Å²) < 4.78 is 4.78. The molecule has 0 aromatic heterocycles. The molecule has 0 bridgehead atoms. The first-order valence-electron chi connectivity index (χ1n) is 5.72. The summed E-state index contributed by atoms with van der Waals surface area (Å²) in [4.78, 5) is 13.7. The minimum atomic E-state index is -0.313. The van der Waals surface area contributed by atoms with Crippen LogP contribution >= 0.6 is 0 Å². The van der Waals surface area contributed by atoms with Crippen LogP contribution in [0.4, 0.5) is 5.69 Å². The zero-order valence-corrected chi connectivity index (χ0v) is 10.6. The number of hydrogen-bond acceptors (Lipinski definition) is 4. The number of nitrogens with two attached hydrogens (primary N) is 1. The van der Waals surface area contributed by atoms with E-state index in [1.807, 2.05) is 25.2 Å². The van der Waals surface area contributed by atoms with Crippen LogP contribution in [0, 0.1) is 0 Å². The summed E-state index contributed by atoms with van der Waals surface area (Å²) in [5.41, 5.74) is 7.01. The second-order valence-corrected chi connectivity index (χ2v) is 4.05. The van der Waals surface area contributed by atoms with Crippen molar-refractivity contribution in [3.8, 4) is 0 Å². The van der Waals surface area contributed by atoms with Crippen LogP contribution in [0.3, 0.4) is 0 Å². The van der Waals surface area contributed by atoms with E-state index in [1.165, 1.54) is 7.11 Å². The first-order valence-corrected chi connectivity index (χ1v) is 5.72. The van der Waals surface area contributed by atoms with Crippen LogP contribution in [0.15, 0.2) is 24.3 Å². The summed E-state index contributed by atoms with van der Waals surface area (Å²) >= 11 is 0. The summed E-state index contributed by atoms with van der Waals surface area (Å²) in [5.74, 6) is -0.313. The number of methoxy groups -OCH3 is 1. The lowest BCUT2D eigenvalue weighted by Crippen LogP contribution is -2.32. The highest BCUT2D eigenvalue weighted by molar-refractivity contribution is 5.95. The Hall–Kier alpha value is -1.55. The van der Waals surface area contributed by atoms with Gasteiger partial charge >= 0.3 is 5.97 Å². The van der Waals surface area contributed by atoms with Crippen molar-refractivity contribution in [3.63, 3.8) is 0 Å². The van der Waals surface area contributed by atoms with E-state index in [4.69, 9.17) is 10.5 Å². The average molecular weight is 236 g/mol. The molecule has 0 fully saturated rings. The minimum absolute atomic E-state index is 0.283. The third kappa shape index (κ3) is 3.20. The van der Waals surface area contributed by atoms with Crippen LogP contribution in [-0.4, -0.2) is 32.7 Å². The van der Waals surface area contributed by atoms with E-state index in [-0.39, 0.29) is 12.0 Å². The van der Waals surface area contributed by atoms with Gasteiger partial charge in [-0.25, -0.2) is 4.79 Å². The number of esters is 1. The molecule has 0 aliphatic rings. The molecule has 1 unspecified atom stereocenters. The summed E-state index contributed by atoms with van der Waals surface area (Å²) in [6.45, 7) is 2.72. The average Bonchev–Trinajstić information content (AvgIpc) is 2.37. The van der Waals surface area contributed by atoms with Gasteiger partial charge in [-0.1, -0.05) is 12.1 Å². The Morgan fingerprint density at radius 2 is 2.12 bits per heavy atom. The van der Waals surface area contributed by atoms with Crippen molar-refractivity contribution in [1.82, 2.24) is 0 Å². The Kier molecular flexibility index (Phi) is 4.97. The number of ether oxygens (including phenoxy) is 1. The number of carbonyl (C=O) groups excluding carboxylic acids is 1. The number of carbonyl (C=O) groups is 1. The molecule has 1 aromatic carbocycles. The monoisotopic (exact) mass is 236 g/mol. The zero-order chi connectivity index (χ0) is 12.8. The number of para-hydroxylation sites is 1. The van der Waals surface area contributed by atoms with Gasteiger partial charge in [-0.2, -0.15) is 0 Å². The van der Waals surface area contributed by atoms with E-state index in [9.17, 15) is 4.79 Å². The van der Waals surface area contributed by atoms with E-state index >= 15 is 0 Å². The minimum Gasteiger partial charge on any atom is -0.465 e. The summed E-state index contributed by atoms with van der Waals surface area (Å²) in [5, 5.41) is 0. The summed E-state index contributed by atoms with van der Waals surface area (Å²) in [7, 11) is 3.35. The lowest BCUT2D eigenvalue weighted by molar-refractivity contribution is 0.0601. The van der Waals surface area contributed by atoms with Crippen molar-refractivity contribution >= 4 is 11.7 Å². The smallest absolute Gasteiger partial charge is 0.339 e. The molecule has 0 radical (unpaired) electrons. The first kappa shape index (κ1) is 13.5. The van der Waals surface area contributed by atoms with Gasteiger partial charge < -0.3 is 15.4 Å². The van der Waals surface area contributed by atoms with E-state index in [1.54, 1.807) is 6.07 Å². The topological polar surface area (TPSA) is 55.6 Å². The lowest BCUT2D eigenvalue weighted by atomic mass is 10.1. The fourth-order valence-electron chi connectivity index (χ4n) is 1.74. The van der Waals surface area contributed by atoms with Gasteiger partial charge in [0, 0.05) is 13.1 Å². The SMILES string of the molecule is COC(=O)c1ccccc1N(C)C(C)CCN. The van der Waals surface area contributed by atoms with Gasteiger partial charge in [0.25, 0.3) is 0 Å². The molecule has 4 nitrogen and oxygen atoms in total. The fourth-order valence-corrected chi connectivity index (χ4v) is 1.74. The first-order chi connectivity index (χ1) is 8.11. The third-order valence-corrected chi connectivity index (χ3v) is 2.93. The summed E-state index contributed by atoms with van der Waals surface area (Å²) in [6, 6.07) is 7.71. The van der Waals surface area contributed by atoms with E-state index < -0.39 is 0 Å². The van der Waals surface area contributed by atoms with Crippen molar-refractivity contribution in [2.75, 3.05) is 25.6 Å². The molecule has 1 atom stereocenters. The molecular weight excluding hydrogens is 216 g/mol. The molecule has 0 saturated carbocycles. The van der Waals surface area contributed by atoms with Gasteiger partial charge in [0.05, 0.1) is 18.4 Å². The standard InChI is InChI=1S/C13H20N2O2/c1-10(8-9-14)15(2)12-7-5-4-6-11(12)13(16)17-3/h4-7,10H,8-9,14H2,1-3H3.